The van der Waals surface area contributed by atoms with Crippen LogP contribution in [0.3, 0.4) is 0 Å². The number of rotatable bonds is 6. The number of nitrogens with two attached hydrogens (primary N) is 1. The highest BCUT2D eigenvalue weighted by Gasteiger charge is 2.13. The van der Waals surface area contributed by atoms with Gasteiger partial charge in [0.05, 0.1) is 11.2 Å². The molecular formula is C26H20ClN3O3. The predicted molar refractivity (Wildman–Crippen MR) is 130 cm³/mol. The minimum atomic E-state index is -1.05. The van der Waals surface area contributed by atoms with Crippen LogP contribution in [0.15, 0.2) is 84.9 Å². The monoisotopic (exact) mass is 457 g/mol. The van der Waals surface area contributed by atoms with Crippen molar-refractivity contribution in [3.8, 4) is 5.75 Å². The zero-order chi connectivity index (χ0) is 23.2. The number of nitrogens with one attached hydrogen (secondary N) is 1. The number of amides is 1. The van der Waals surface area contributed by atoms with Gasteiger partial charge in [0.2, 0.25) is 5.90 Å². The van der Waals surface area contributed by atoms with Crippen LogP contribution in [-0.2, 0) is 11.3 Å². The molecule has 6 nitrogen and oxygen atoms in total. The Hall–Kier alpha value is -4.16. The maximum atomic E-state index is 11.2. The summed E-state index contributed by atoms with van der Waals surface area (Å²) in [6.45, 7) is 0.318. The highest BCUT2D eigenvalue weighted by Crippen LogP contribution is 2.24. The third-order valence-corrected chi connectivity index (χ3v) is 5.09. The summed E-state index contributed by atoms with van der Waals surface area (Å²) in [6.07, 6.45) is 0.668. The lowest BCUT2D eigenvalue weighted by atomic mass is 10.0. The summed E-state index contributed by atoms with van der Waals surface area (Å²) in [5.41, 5.74) is 8.67. The number of hydrogen-bond donors (Lipinski definition) is 2. The first-order valence-electron chi connectivity index (χ1n) is 10.1. The van der Waals surface area contributed by atoms with Crippen LogP contribution < -0.4 is 10.5 Å². The smallest absolute Gasteiger partial charge is 0.411 e. The summed E-state index contributed by atoms with van der Waals surface area (Å²) in [4.78, 5) is 15.8. The van der Waals surface area contributed by atoms with Gasteiger partial charge in [-0.3, -0.25) is 5.41 Å². The van der Waals surface area contributed by atoms with Crippen molar-refractivity contribution in [3.05, 3.63) is 107 Å². The number of nitrogens with zero attached hydrogens (tertiary/aromatic N) is 1. The topological polar surface area (TPSA) is 98.3 Å². The molecule has 0 aliphatic heterocycles. The van der Waals surface area contributed by atoms with E-state index in [-0.39, 0.29) is 5.90 Å². The van der Waals surface area contributed by atoms with E-state index < -0.39 is 6.09 Å². The standard InChI is InChI=1S/C26H20ClN3O3/c27-20-10-5-17(6-11-20)15-23(25(28)33-26(29)31)18-8-13-22(14-9-18)32-16-21-12-7-19-3-1-2-4-24(19)30-21/h1-15,28H,16H2,(H2,29,31)/b23-15+,28-25?. The molecule has 1 amide bonds. The van der Waals surface area contributed by atoms with Gasteiger partial charge in [-0.2, -0.15) is 0 Å². The predicted octanol–water partition coefficient (Wildman–Crippen LogP) is 6.08. The largest absolute Gasteiger partial charge is 0.487 e. The zero-order valence-corrected chi connectivity index (χ0v) is 18.3. The summed E-state index contributed by atoms with van der Waals surface area (Å²) in [6, 6.07) is 26.1. The molecular weight excluding hydrogens is 438 g/mol. The van der Waals surface area contributed by atoms with Gasteiger partial charge in [-0.25, -0.2) is 9.78 Å². The van der Waals surface area contributed by atoms with Crippen molar-refractivity contribution in [1.29, 1.82) is 5.41 Å². The maximum Gasteiger partial charge on any atom is 0.411 e. The molecule has 0 saturated carbocycles. The molecule has 33 heavy (non-hydrogen) atoms. The fraction of sp³-hybridized carbons (Fsp3) is 0.0385. The van der Waals surface area contributed by atoms with Gasteiger partial charge in [-0.05, 0) is 53.6 Å². The fourth-order valence-electron chi connectivity index (χ4n) is 3.24. The summed E-state index contributed by atoms with van der Waals surface area (Å²) >= 11 is 5.95. The SMILES string of the molecule is N=C(OC(N)=O)/C(=C/c1ccc(Cl)cc1)c1ccc(OCc2ccc3ccccc3n2)cc1. The van der Waals surface area contributed by atoms with Crippen molar-refractivity contribution in [2.75, 3.05) is 0 Å². The van der Waals surface area contributed by atoms with Crippen LogP contribution in [0, 0.1) is 5.41 Å². The number of benzene rings is 3. The van der Waals surface area contributed by atoms with Crippen molar-refractivity contribution in [2.24, 2.45) is 5.73 Å². The molecule has 3 N–H and O–H groups in total. The number of aromatic nitrogens is 1. The molecule has 0 saturated heterocycles. The lowest BCUT2D eigenvalue weighted by Crippen LogP contribution is -2.18. The first-order chi connectivity index (χ1) is 16.0. The van der Waals surface area contributed by atoms with Gasteiger partial charge < -0.3 is 15.2 Å². The van der Waals surface area contributed by atoms with Crippen molar-refractivity contribution in [3.63, 3.8) is 0 Å². The Morgan fingerprint density at radius 1 is 0.970 bits per heavy atom. The summed E-state index contributed by atoms with van der Waals surface area (Å²) in [7, 11) is 0. The number of hydrogen-bond acceptors (Lipinski definition) is 5. The molecule has 4 rings (SSSR count). The Morgan fingerprint density at radius 2 is 1.70 bits per heavy atom. The Labute approximate surface area is 195 Å². The van der Waals surface area contributed by atoms with Crippen LogP contribution >= 0.6 is 11.6 Å². The summed E-state index contributed by atoms with van der Waals surface area (Å²) < 4.78 is 10.7. The van der Waals surface area contributed by atoms with Gasteiger partial charge in [0.1, 0.15) is 12.4 Å². The van der Waals surface area contributed by atoms with E-state index in [9.17, 15) is 4.79 Å². The van der Waals surface area contributed by atoms with Gasteiger partial charge in [0, 0.05) is 16.0 Å². The molecule has 1 aromatic heterocycles. The lowest BCUT2D eigenvalue weighted by molar-refractivity contribution is 0.208. The van der Waals surface area contributed by atoms with Crippen molar-refractivity contribution < 1.29 is 14.3 Å². The van der Waals surface area contributed by atoms with Gasteiger partial charge >= 0.3 is 6.09 Å². The number of carbonyl (C=O) groups is 1. The number of ether oxygens (including phenoxy) is 2. The van der Waals surface area contributed by atoms with E-state index in [1.54, 1.807) is 54.6 Å². The highest BCUT2D eigenvalue weighted by molar-refractivity contribution is 6.30. The molecule has 1 heterocycles. The minimum absolute atomic E-state index is 0.318. The van der Waals surface area contributed by atoms with E-state index in [1.165, 1.54) is 0 Å². The third kappa shape index (κ3) is 5.75. The number of carbonyl (C=O) groups excluding carboxylic acids is 1. The second-order valence-electron chi connectivity index (χ2n) is 7.17. The van der Waals surface area contributed by atoms with Crippen LogP contribution in [0.25, 0.3) is 22.6 Å². The Bertz CT molecular complexity index is 1330. The highest BCUT2D eigenvalue weighted by atomic mass is 35.5. The first kappa shape index (κ1) is 22.0. The van der Waals surface area contributed by atoms with Crippen LogP contribution in [-0.4, -0.2) is 17.0 Å². The van der Waals surface area contributed by atoms with Gasteiger partial charge in [0.25, 0.3) is 0 Å². The lowest BCUT2D eigenvalue weighted by Gasteiger charge is -2.11. The molecule has 0 unspecified atom stereocenters. The average Bonchev–Trinajstić information content (AvgIpc) is 2.82. The van der Waals surface area contributed by atoms with Crippen LogP contribution in [0.4, 0.5) is 4.79 Å². The second-order valence-corrected chi connectivity index (χ2v) is 7.60. The van der Waals surface area contributed by atoms with Crippen LogP contribution in [0.1, 0.15) is 16.8 Å². The number of para-hydroxylation sites is 1. The van der Waals surface area contributed by atoms with Gasteiger partial charge in [-0.15, -0.1) is 0 Å². The number of fused-ring (bicyclic) bond motifs is 1. The van der Waals surface area contributed by atoms with E-state index in [0.717, 1.165) is 22.2 Å². The van der Waals surface area contributed by atoms with Gasteiger partial charge in [0.15, 0.2) is 0 Å². The molecule has 0 aliphatic carbocycles. The molecule has 4 aromatic rings. The summed E-state index contributed by atoms with van der Waals surface area (Å²) in [5, 5.41) is 9.83. The Kier molecular flexibility index (Phi) is 6.66. The van der Waals surface area contributed by atoms with E-state index in [0.29, 0.717) is 28.5 Å². The zero-order valence-electron chi connectivity index (χ0n) is 17.5. The Balaban J connectivity index is 1.53. The van der Waals surface area contributed by atoms with Crippen molar-refractivity contribution >= 4 is 46.1 Å². The van der Waals surface area contributed by atoms with E-state index in [2.05, 4.69) is 4.98 Å². The number of halogens is 1. The molecule has 0 radical (unpaired) electrons. The van der Waals surface area contributed by atoms with Crippen molar-refractivity contribution in [2.45, 2.75) is 6.61 Å². The van der Waals surface area contributed by atoms with Crippen LogP contribution in [0.2, 0.25) is 5.02 Å². The quantitative estimate of drug-likeness (QED) is 0.208. The van der Waals surface area contributed by atoms with Gasteiger partial charge in [-0.1, -0.05) is 60.1 Å². The molecule has 7 heteroatoms. The molecule has 0 atom stereocenters. The number of pyridine rings is 1. The van der Waals surface area contributed by atoms with Crippen molar-refractivity contribution in [1.82, 2.24) is 4.98 Å². The number of primary amides is 1. The van der Waals surface area contributed by atoms with E-state index in [1.807, 2.05) is 36.4 Å². The van der Waals surface area contributed by atoms with E-state index in [4.69, 9.17) is 32.2 Å². The summed E-state index contributed by atoms with van der Waals surface area (Å²) in [5.74, 6) is 0.286. The second kappa shape index (κ2) is 9.97. The average molecular weight is 458 g/mol. The molecule has 0 spiro atoms. The minimum Gasteiger partial charge on any atom is -0.487 e. The molecule has 3 aromatic carbocycles. The molecule has 0 aliphatic rings. The molecule has 0 bridgehead atoms. The molecule has 164 valence electrons. The fourth-order valence-corrected chi connectivity index (χ4v) is 3.36. The normalized spacial score (nSPS) is 11.2. The Morgan fingerprint density at radius 3 is 2.42 bits per heavy atom. The van der Waals surface area contributed by atoms with Crippen LogP contribution in [0.5, 0.6) is 5.75 Å². The van der Waals surface area contributed by atoms with E-state index >= 15 is 0 Å². The first-order valence-corrected chi connectivity index (χ1v) is 10.5. The molecule has 0 fully saturated rings. The maximum absolute atomic E-state index is 11.2. The third-order valence-electron chi connectivity index (χ3n) is 4.84.